The van der Waals surface area contributed by atoms with Crippen LogP contribution in [0.4, 0.5) is 0 Å². The number of likely N-dealkylation sites (N-methyl/N-ethyl adjacent to an activating group) is 1. The Hall–Kier alpha value is -0.910. The molecule has 0 unspecified atom stereocenters. The van der Waals surface area contributed by atoms with E-state index < -0.39 is 10.0 Å². The smallest absolute Gasteiger partial charge is 0.242 e. The molecule has 4 nitrogen and oxygen atoms in total. The maximum absolute atomic E-state index is 12.2. The van der Waals surface area contributed by atoms with Crippen molar-refractivity contribution in [2.75, 3.05) is 27.2 Å². The average Bonchev–Trinajstić information content (AvgIpc) is 2.37. The van der Waals surface area contributed by atoms with Gasteiger partial charge in [-0.1, -0.05) is 19.1 Å². The van der Waals surface area contributed by atoms with Crippen LogP contribution in [0.25, 0.3) is 0 Å². The molecule has 0 spiro atoms. The van der Waals surface area contributed by atoms with Crippen molar-refractivity contribution < 1.29 is 8.42 Å². The highest BCUT2D eigenvalue weighted by Crippen LogP contribution is 2.15. The van der Waals surface area contributed by atoms with Crippen LogP contribution in [-0.4, -0.2) is 39.9 Å². The van der Waals surface area contributed by atoms with Crippen LogP contribution in [0.5, 0.6) is 0 Å². The van der Waals surface area contributed by atoms with Gasteiger partial charge in [0.15, 0.2) is 0 Å². The van der Waals surface area contributed by atoms with E-state index in [1.165, 1.54) is 4.31 Å². The number of benzene rings is 1. The highest BCUT2D eigenvalue weighted by molar-refractivity contribution is 7.89. The number of hydrogen-bond donors (Lipinski definition) is 1. The number of nitrogens with one attached hydrogen (secondary N) is 1. The Labute approximate surface area is 110 Å². The van der Waals surface area contributed by atoms with E-state index in [0.717, 1.165) is 24.9 Å². The van der Waals surface area contributed by atoms with Crippen molar-refractivity contribution in [2.24, 2.45) is 0 Å². The SMILES string of the molecule is CCCN(C)S(=O)(=O)c1ccc(CCNC)cc1. The molecule has 18 heavy (non-hydrogen) atoms. The average molecular weight is 270 g/mol. The van der Waals surface area contributed by atoms with E-state index in [4.69, 9.17) is 0 Å². The molecule has 0 fully saturated rings. The van der Waals surface area contributed by atoms with Crippen molar-refractivity contribution in [3.05, 3.63) is 29.8 Å². The minimum atomic E-state index is -3.32. The molecular formula is C13H22N2O2S. The topological polar surface area (TPSA) is 49.4 Å². The summed E-state index contributed by atoms with van der Waals surface area (Å²) < 4.78 is 25.7. The quantitative estimate of drug-likeness (QED) is 0.816. The van der Waals surface area contributed by atoms with Crippen LogP contribution in [0, 0.1) is 0 Å². The van der Waals surface area contributed by atoms with Crippen molar-refractivity contribution >= 4 is 10.0 Å². The molecular weight excluding hydrogens is 248 g/mol. The van der Waals surface area contributed by atoms with Gasteiger partial charge in [-0.2, -0.15) is 0 Å². The van der Waals surface area contributed by atoms with Crippen LogP contribution in [0.15, 0.2) is 29.2 Å². The van der Waals surface area contributed by atoms with Crippen molar-refractivity contribution in [3.8, 4) is 0 Å². The molecule has 0 aliphatic heterocycles. The molecule has 0 saturated carbocycles. The van der Waals surface area contributed by atoms with Gasteiger partial charge in [0.25, 0.3) is 0 Å². The second kappa shape index (κ2) is 6.87. The van der Waals surface area contributed by atoms with Gasteiger partial charge in [0.05, 0.1) is 4.90 Å². The monoisotopic (exact) mass is 270 g/mol. The second-order valence-electron chi connectivity index (χ2n) is 4.32. The van der Waals surface area contributed by atoms with Gasteiger partial charge in [0.2, 0.25) is 10.0 Å². The summed E-state index contributed by atoms with van der Waals surface area (Å²) in [5, 5.41) is 3.07. The third-order valence-corrected chi connectivity index (χ3v) is 4.70. The first kappa shape index (κ1) is 15.1. The zero-order valence-corrected chi connectivity index (χ0v) is 12.1. The zero-order valence-electron chi connectivity index (χ0n) is 11.3. The van der Waals surface area contributed by atoms with Gasteiger partial charge in [-0.05, 0) is 44.1 Å². The lowest BCUT2D eigenvalue weighted by Gasteiger charge is -2.16. The molecule has 0 aliphatic rings. The summed E-state index contributed by atoms with van der Waals surface area (Å²) >= 11 is 0. The van der Waals surface area contributed by atoms with Crippen LogP contribution < -0.4 is 5.32 Å². The van der Waals surface area contributed by atoms with Crippen LogP contribution in [0.3, 0.4) is 0 Å². The van der Waals surface area contributed by atoms with Gasteiger partial charge in [-0.3, -0.25) is 0 Å². The highest BCUT2D eigenvalue weighted by Gasteiger charge is 2.19. The number of nitrogens with zero attached hydrogens (tertiary/aromatic N) is 1. The van der Waals surface area contributed by atoms with Gasteiger partial charge in [-0.25, -0.2) is 12.7 Å². The fraction of sp³-hybridized carbons (Fsp3) is 0.538. The van der Waals surface area contributed by atoms with Crippen LogP contribution in [-0.2, 0) is 16.4 Å². The molecule has 0 aromatic heterocycles. The fourth-order valence-electron chi connectivity index (χ4n) is 1.71. The molecule has 1 aromatic carbocycles. The Bertz CT molecular complexity index is 454. The van der Waals surface area contributed by atoms with E-state index in [1.807, 2.05) is 26.1 Å². The predicted molar refractivity (Wildman–Crippen MR) is 74.2 cm³/mol. The summed E-state index contributed by atoms with van der Waals surface area (Å²) in [6, 6.07) is 7.13. The van der Waals surface area contributed by atoms with Crippen molar-refractivity contribution in [2.45, 2.75) is 24.7 Å². The van der Waals surface area contributed by atoms with Crippen LogP contribution >= 0.6 is 0 Å². The second-order valence-corrected chi connectivity index (χ2v) is 6.37. The normalized spacial score (nSPS) is 12.0. The molecule has 0 amide bonds. The van der Waals surface area contributed by atoms with Gasteiger partial charge < -0.3 is 5.32 Å². The molecule has 0 atom stereocenters. The Morgan fingerprint density at radius 3 is 2.33 bits per heavy atom. The fourth-order valence-corrected chi connectivity index (χ4v) is 2.98. The Kier molecular flexibility index (Phi) is 5.78. The van der Waals surface area contributed by atoms with Crippen molar-refractivity contribution in [1.82, 2.24) is 9.62 Å². The van der Waals surface area contributed by atoms with Gasteiger partial charge in [0.1, 0.15) is 0 Å². The molecule has 0 bridgehead atoms. The van der Waals surface area contributed by atoms with E-state index in [1.54, 1.807) is 19.2 Å². The molecule has 0 aliphatic carbocycles. The van der Waals surface area contributed by atoms with Crippen molar-refractivity contribution in [3.63, 3.8) is 0 Å². The molecule has 0 heterocycles. The first-order valence-electron chi connectivity index (χ1n) is 6.22. The highest BCUT2D eigenvalue weighted by atomic mass is 32.2. The molecule has 102 valence electrons. The summed E-state index contributed by atoms with van der Waals surface area (Å²) in [6.45, 7) is 3.40. The summed E-state index contributed by atoms with van der Waals surface area (Å²) in [6.07, 6.45) is 1.72. The van der Waals surface area contributed by atoms with E-state index in [2.05, 4.69) is 5.32 Å². The van der Waals surface area contributed by atoms with E-state index in [0.29, 0.717) is 11.4 Å². The minimum Gasteiger partial charge on any atom is -0.319 e. The first-order chi connectivity index (χ1) is 8.52. The van der Waals surface area contributed by atoms with Gasteiger partial charge in [0, 0.05) is 13.6 Å². The minimum absolute atomic E-state index is 0.367. The van der Waals surface area contributed by atoms with E-state index in [9.17, 15) is 8.42 Å². The summed E-state index contributed by atoms with van der Waals surface area (Å²) in [4.78, 5) is 0.367. The Morgan fingerprint density at radius 1 is 1.22 bits per heavy atom. The predicted octanol–water partition coefficient (Wildman–Crippen LogP) is 1.48. The summed E-state index contributed by atoms with van der Waals surface area (Å²) in [5.41, 5.74) is 1.14. The molecule has 1 aromatic rings. The molecule has 0 radical (unpaired) electrons. The molecule has 1 rings (SSSR count). The maximum atomic E-state index is 12.2. The first-order valence-corrected chi connectivity index (χ1v) is 7.66. The van der Waals surface area contributed by atoms with Crippen LogP contribution in [0.2, 0.25) is 0 Å². The Balaban J connectivity index is 2.84. The standard InChI is InChI=1S/C13H22N2O2S/c1-4-11-15(3)18(16,17)13-7-5-12(6-8-13)9-10-14-2/h5-8,14H,4,9-11H2,1-3H3. The lowest BCUT2D eigenvalue weighted by molar-refractivity contribution is 0.468. The van der Waals surface area contributed by atoms with E-state index >= 15 is 0 Å². The molecule has 1 N–H and O–H groups in total. The number of rotatable bonds is 7. The third-order valence-electron chi connectivity index (χ3n) is 2.83. The molecule has 0 saturated heterocycles. The summed E-state index contributed by atoms with van der Waals surface area (Å²) in [7, 11) is 0.199. The van der Waals surface area contributed by atoms with E-state index in [-0.39, 0.29) is 0 Å². The lowest BCUT2D eigenvalue weighted by atomic mass is 10.1. The molecule has 5 heteroatoms. The summed E-state index contributed by atoms with van der Waals surface area (Å²) in [5.74, 6) is 0. The number of sulfonamides is 1. The largest absolute Gasteiger partial charge is 0.319 e. The zero-order chi connectivity index (χ0) is 13.6. The number of hydrogen-bond acceptors (Lipinski definition) is 3. The third kappa shape index (κ3) is 3.80. The van der Waals surface area contributed by atoms with Crippen molar-refractivity contribution in [1.29, 1.82) is 0 Å². The van der Waals surface area contributed by atoms with Crippen LogP contribution in [0.1, 0.15) is 18.9 Å². The maximum Gasteiger partial charge on any atom is 0.242 e. The van der Waals surface area contributed by atoms with Gasteiger partial charge in [-0.15, -0.1) is 0 Å². The van der Waals surface area contributed by atoms with Gasteiger partial charge >= 0.3 is 0 Å². The Morgan fingerprint density at radius 2 is 1.83 bits per heavy atom. The lowest BCUT2D eigenvalue weighted by Crippen LogP contribution is -2.27.